The van der Waals surface area contributed by atoms with E-state index in [2.05, 4.69) is 0 Å². The highest BCUT2D eigenvalue weighted by atomic mass is 16.6. The van der Waals surface area contributed by atoms with Crippen molar-refractivity contribution in [3.05, 3.63) is 160 Å². The number of hydrogen-bond donors (Lipinski definition) is 0. The zero-order valence-electron chi connectivity index (χ0n) is 24.4. The summed E-state index contributed by atoms with van der Waals surface area (Å²) in [6.07, 6.45) is 2.18. The second-order valence-corrected chi connectivity index (χ2v) is 10.7. The van der Waals surface area contributed by atoms with Gasteiger partial charge in [0, 0.05) is 17.5 Å². The number of allylic oxidation sites excluding steroid dienone is 4. The first-order valence-corrected chi connectivity index (χ1v) is 14.4. The number of rotatable bonds is 9. The van der Waals surface area contributed by atoms with Gasteiger partial charge in [-0.2, -0.15) is 0 Å². The average molecular weight is 571 g/mol. The van der Waals surface area contributed by atoms with E-state index >= 15 is 0 Å². The minimum atomic E-state index is -1.56. The molecule has 5 nitrogen and oxygen atoms in total. The van der Waals surface area contributed by atoms with Crippen molar-refractivity contribution in [3.63, 3.8) is 0 Å². The van der Waals surface area contributed by atoms with Gasteiger partial charge in [-0.15, -0.1) is 0 Å². The van der Waals surface area contributed by atoms with Gasteiger partial charge in [0.2, 0.25) is 0 Å². The number of hydrogen-bond acceptors (Lipinski definition) is 5. The van der Waals surface area contributed by atoms with Crippen LogP contribution in [-0.2, 0) is 32.3 Å². The Bertz CT molecular complexity index is 1610. The normalized spacial score (nSPS) is 16.0. The third-order valence-electron chi connectivity index (χ3n) is 7.98. The fourth-order valence-corrected chi connectivity index (χ4v) is 5.57. The summed E-state index contributed by atoms with van der Waals surface area (Å²) in [4.78, 5) is 41.3. The van der Waals surface area contributed by atoms with Crippen LogP contribution >= 0.6 is 0 Å². The molecule has 1 aliphatic carbocycles. The van der Waals surface area contributed by atoms with E-state index in [0.29, 0.717) is 11.1 Å². The number of carbonyl (C=O) groups excluding carboxylic acids is 3. The lowest BCUT2D eigenvalue weighted by Crippen LogP contribution is -2.39. The van der Waals surface area contributed by atoms with E-state index in [-0.39, 0.29) is 31.8 Å². The van der Waals surface area contributed by atoms with E-state index in [4.69, 9.17) is 9.47 Å². The van der Waals surface area contributed by atoms with Crippen LogP contribution in [-0.4, -0.2) is 17.7 Å². The summed E-state index contributed by atoms with van der Waals surface area (Å²) in [6.45, 7) is 3.93. The maximum absolute atomic E-state index is 13.9. The number of ketones is 1. The molecule has 5 rings (SSSR count). The highest BCUT2D eigenvalue weighted by Gasteiger charge is 2.54. The van der Waals surface area contributed by atoms with Gasteiger partial charge in [0.15, 0.2) is 11.2 Å². The standard InChI is InChI=1S/C38H34O5/c1-3-30-23-38(36(40)42-25-28-15-7-4-8-16-28,37(41)43-26-29-17-9-5-10-18-29)24-34(30)27(2)32-21-13-14-22-33(32)35(39)31-19-11-6-12-20-31/h3-22H,23-26H2,1-2H3/b30-3+,34-27-. The number of esters is 2. The zero-order valence-corrected chi connectivity index (χ0v) is 24.4. The second-order valence-electron chi connectivity index (χ2n) is 10.7. The molecule has 216 valence electrons. The van der Waals surface area contributed by atoms with Crippen LogP contribution in [0, 0.1) is 5.41 Å². The molecule has 0 spiro atoms. The van der Waals surface area contributed by atoms with Crippen molar-refractivity contribution in [1.82, 2.24) is 0 Å². The van der Waals surface area contributed by atoms with Crippen LogP contribution in [0.2, 0.25) is 0 Å². The van der Waals surface area contributed by atoms with Gasteiger partial charge in [-0.3, -0.25) is 14.4 Å². The van der Waals surface area contributed by atoms with Crippen molar-refractivity contribution in [2.75, 3.05) is 0 Å². The van der Waals surface area contributed by atoms with Crippen LogP contribution in [0.15, 0.2) is 132 Å². The van der Waals surface area contributed by atoms with E-state index in [1.54, 1.807) is 12.1 Å². The fourth-order valence-electron chi connectivity index (χ4n) is 5.57. The smallest absolute Gasteiger partial charge is 0.324 e. The predicted molar refractivity (Wildman–Crippen MR) is 167 cm³/mol. The number of benzene rings is 4. The first kappa shape index (κ1) is 29.5. The first-order chi connectivity index (χ1) is 20.9. The van der Waals surface area contributed by atoms with E-state index in [0.717, 1.165) is 33.4 Å². The molecule has 0 bridgehead atoms. The summed E-state index contributed by atoms with van der Waals surface area (Å²) in [5, 5.41) is 0. The van der Waals surface area contributed by atoms with E-state index in [9.17, 15) is 14.4 Å². The number of ether oxygens (including phenoxy) is 2. The maximum atomic E-state index is 13.9. The van der Waals surface area contributed by atoms with Crippen molar-refractivity contribution in [3.8, 4) is 0 Å². The molecule has 0 aliphatic heterocycles. The molecule has 0 amide bonds. The monoisotopic (exact) mass is 570 g/mol. The van der Waals surface area contributed by atoms with Crippen molar-refractivity contribution < 1.29 is 23.9 Å². The highest BCUT2D eigenvalue weighted by molar-refractivity contribution is 6.12. The maximum Gasteiger partial charge on any atom is 0.324 e. The molecule has 43 heavy (non-hydrogen) atoms. The molecule has 0 aromatic heterocycles. The minimum Gasteiger partial charge on any atom is -0.460 e. The van der Waals surface area contributed by atoms with Crippen LogP contribution in [0.25, 0.3) is 5.57 Å². The van der Waals surface area contributed by atoms with Gasteiger partial charge < -0.3 is 9.47 Å². The minimum absolute atomic E-state index is 0.0466. The average Bonchev–Trinajstić information content (AvgIpc) is 3.48. The van der Waals surface area contributed by atoms with Crippen molar-refractivity contribution >= 4 is 23.3 Å². The molecule has 1 aliphatic rings. The van der Waals surface area contributed by atoms with E-state index in [1.807, 2.05) is 123 Å². The first-order valence-electron chi connectivity index (χ1n) is 14.4. The Hall–Kier alpha value is -5.03. The quantitative estimate of drug-likeness (QED) is 0.116. The molecule has 0 unspecified atom stereocenters. The molecule has 1 saturated carbocycles. The van der Waals surface area contributed by atoms with Gasteiger partial charge in [-0.1, -0.05) is 121 Å². The van der Waals surface area contributed by atoms with Crippen LogP contribution in [0.1, 0.15) is 59.3 Å². The Balaban J connectivity index is 1.51. The number of carbonyl (C=O) groups is 3. The third kappa shape index (κ3) is 6.41. The molecular weight excluding hydrogens is 536 g/mol. The second kappa shape index (κ2) is 13.3. The van der Waals surface area contributed by atoms with Gasteiger partial charge in [0.25, 0.3) is 0 Å². The Labute approximate surface area is 252 Å². The highest BCUT2D eigenvalue weighted by Crippen LogP contribution is 2.50. The lowest BCUT2D eigenvalue weighted by Gasteiger charge is -2.24. The topological polar surface area (TPSA) is 69.7 Å². The van der Waals surface area contributed by atoms with Crippen molar-refractivity contribution in [2.45, 2.75) is 39.9 Å². The van der Waals surface area contributed by atoms with Gasteiger partial charge in [0.1, 0.15) is 13.2 Å². The molecule has 5 heteroatoms. The Kier molecular flexibility index (Phi) is 9.11. The third-order valence-corrected chi connectivity index (χ3v) is 7.98. The van der Waals surface area contributed by atoms with Crippen LogP contribution < -0.4 is 0 Å². The molecule has 0 saturated heterocycles. The molecule has 1 fully saturated rings. The molecule has 4 aromatic rings. The predicted octanol–water partition coefficient (Wildman–Crippen LogP) is 7.90. The Morgan fingerprint density at radius 2 is 1.12 bits per heavy atom. The Morgan fingerprint density at radius 3 is 1.63 bits per heavy atom. The Morgan fingerprint density at radius 1 is 0.651 bits per heavy atom. The summed E-state index contributed by atoms with van der Waals surface area (Å²) in [6, 6.07) is 35.4. The van der Waals surface area contributed by atoms with Crippen molar-refractivity contribution in [1.29, 1.82) is 0 Å². The lowest BCUT2D eigenvalue weighted by atomic mass is 9.84. The molecule has 0 N–H and O–H groups in total. The van der Waals surface area contributed by atoms with Crippen LogP contribution in [0.4, 0.5) is 0 Å². The summed E-state index contributed by atoms with van der Waals surface area (Å²) < 4.78 is 11.6. The van der Waals surface area contributed by atoms with Gasteiger partial charge in [-0.05, 0) is 53.7 Å². The lowest BCUT2D eigenvalue weighted by molar-refractivity contribution is -0.173. The van der Waals surface area contributed by atoms with E-state index < -0.39 is 17.4 Å². The van der Waals surface area contributed by atoms with E-state index in [1.165, 1.54) is 0 Å². The summed E-state index contributed by atoms with van der Waals surface area (Å²) in [5.41, 5.74) is 4.54. The van der Waals surface area contributed by atoms with Gasteiger partial charge >= 0.3 is 11.9 Å². The largest absolute Gasteiger partial charge is 0.460 e. The van der Waals surface area contributed by atoms with Crippen LogP contribution in [0.5, 0.6) is 0 Å². The molecule has 0 heterocycles. The molecular formula is C38H34O5. The van der Waals surface area contributed by atoms with Gasteiger partial charge in [0.05, 0.1) is 0 Å². The summed E-state index contributed by atoms with van der Waals surface area (Å²) >= 11 is 0. The summed E-state index contributed by atoms with van der Waals surface area (Å²) in [5.74, 6) is -1.33. The van der Waals surface area contributed by atoms with Gasteiger partial charge in [-0.25, -0.2) is 0 Å². The summed E-state index contributed by atoms with van der Waals surface area (Å²) in [7, 11) is 0. The van der Waals surface area contributed by atoms with Crippen molar-refractivity contribution in [2.24, 2.45) is 5.41 Å². The molecule has 0 radical (unpaired) electrons. The van der Waals surface area contributed by atoms with Crippen LogP contribution in [0.3, 0.4) is 0 Å². The molecule has 0 atom stereocenters. The molecule has 4 aromatic carbocycles. The SMILES string of the molecule is C/C=C1\CC(C(=O)OCc2ccccc2)(C(=O)OCc2ccccc2)C\C1=C(/C)c1ccccc1C(=O)c1ccccc1. The fraction of sp³-hybridized carbons (Fsp3) is 0.184. The zero-order chi connectivity index (χ0) is 30.2.